The van der Waals surface area contributed by atoms with Crippen LogP contribution in [0.4, 0.5) is 18.3 Å². The molecule has 1 aliphatic rings. The lowest BCUT2D eigenvalue weighted by molar-refractivity contribution is -0.134. The van der Waals surface area contributed by atoms with Crippen molar-refractivity contribution in [2.75, 3.05) is 25.0 Å². The first kappa shape index (κ1) is 13.6. The molecule has 0 atom stereocenters. The highest BCUT2D eigenvalue weighted by Gasteiger charge is 2.33. The number of hydrogen-bond acceptors (Lipinski definition) is 4. The Hall–Kier alpha value is -0.820. The van der Waals surface area contributed by atoms with E-state index in [2.05, 4.69) is 22.1 Å². The molecule has 0 amide bonds. The number of likely N-dealkylation sites (tertiary alicyclic amines) is 1. The van der Waals surface area contributed by atoms with Crippen molar-refractivity contribution >= 4 is 16.5 Å². The topological polar surface area (TPSA) is 28.2 Å². The number of hydrogen-bond donors (Lipinski definition) is 1. The number of rotatable bonds is 3. The molecule has 0 bridgehead atoms. The number of aromatic nitrogens is 1. The summed E-state index contributed by atoms with van der Waals surface area (Å²) in [6, 6.07) is 0.236. The third-order valence-corrected chi connectivity index (χ3v) is 4.12. The second kappa shape index (κ2) is 5.44. The van der Waals surface area contributed by atoms with Crippen molar-refractivity contribution in [1.29, 1.82) is 0 Å². The maximum atomic E-state index is 12.4. The molecule has 0 radical (unpaired) electrons. The van der Waals surface area contributed by atoms with Crippen LogP contribution in [0.5, 0.6) is 0 Å². The number of alkyl halides is 3. The molecule has 2 heterocycles. The van der Waals surface area contributed by atoms with Gasteiger partial charge in [-0.25, -0.2) is 4.98 Å². The highest BCUT2D eigenvalue weighted by Crippen LogP contribution is 2.35. The predicted molar refractivity (Wildman–Crippen MR) is 65.9 cm³/mol. The Kier molecular flexibility index (Phi) is 4.11. The average molecular weight is 279 g/mol. The van der Waals surface area contributed by atoms with E-state index in [1.165, 1.54) is 0 Å². The van der Waals surface area contributed by atoms with Crippen LogP contribution in [0.15, 0.2) is 6.20 Å². The van der Waals surface area contributed by atoms with Gasteiger partial charge in [0.25, 0.3) is 0 Å². The molecule has 0 spiro atoms. The number of anilines is 1. The van der Waals surface area contributed by atoms with Crippen LogP contribution in [0.3, 0.4) is 0 Å². The third-order valence-electron chi connectivity index (χ3n) is 3.15. The fourth-order valence-corrected chi connectivity index (χ4v) is 2.80. The van der Waals surface area contributed by atoms with Gasteiger partial charge in [0, 0.05) is 19.1 Å². The Bertz CT molecular complexity index is 383. The Balaban J connectivity index is 1.89. The second-order valence-corrected chi connectivity index (χ2v) is 5.41. The zero-order valence-electron chi connectivity index (χ0n) is 10.1. The van der Waals surface area contributed by atoms with Crippen molar-refractivity contribution in [1.82, 2.24) is 9.88 Å². The number of piperidine rings is 1. The second-order valence-electron chi connectivity index (χ2n) is 4.38. The SMILES string of the molecule is CCN1CCC(Nc2ncc(C(F)(F)F)s2)CC1. The number of thiazole rings is 1. The fourth-order valence-electron chi connectivity index (χ4n) is 2.04. The number of nitrogens with zero attached hydrogens (tertiary/aromatic N) is 2. The largest absolute Gasteiger partial charge is 0.427 e. The van der Waals surface area contributed by atoms with Crippen LogP contribution < -0.4 is 5.32 Å². The Labute approximate surface area is 108 Å². The Morgan fingerprint density at radius 1 is 1.44 bits per heavy atom. The fraction of sp³-hybridized carbons (Fsp3) is 0.727. The van der Waals surface area contributed by atoms with E-state index in [0.717, 1.165) is 38.7 Å². The summed E-state index contributed by atoms with van der Waals surface area (Å²) >= 11 is 0.679. The van der Waals surface area contributed by atoms with E-state index in [1.807, 2.05) is 0 Å². The molecule has 1 fully saturated rings. The molecule has 1 aromatic rings. The first-order chi connectivity index (χ1) is 8.49. The van der Waals surface area contributed by atoms with E-state index < -0.39 is 11.1 Å². The van der Waals surface area contributed by atoms with Crippen LogP contribution in [0, 0.1) is 0 Å². The maximum Gasteiger partial charge on any atom is 0.427 e. The lowest BCUT2D eigenvalue weighted by atomic mass is 10.1. The van der Waals surface area contributed by atoms with Crippen molar-refractivity contribution in [2.45, 2.75) is 32.0 Å². The average Bonchev–Trinajstić information content (AvgIpc) is 2.78. The molecular weight excluding hydrogens is 263 g/mol. The molecule has 0 aliphatic carbocycles. The van der Waals surface area contributed by atoms with Crippen LogP contribution in [-0.2, 0) is 6.18 Å². The number of halogens is 3. The minimum absolute atomic E-state index is 0.236. The van der Waals surface area contributed by atoms with Gasteiger partial charge in [-0.1, -0.05) is 18.3 Å². The summed E-state index contributed by atoms with van der Waals surface area (Å²) in [5, 5.41) is 3.47. The van der Waals surface area contributed by atoms with Crippen LogP contribution in [-0.4, -0.2) is 35.6 Å². The lowest BCUT2D eigenvalue weighted by Crippen LogP contribution is -2.38. The van der Waals surface area contributed by atoms with E-state index in [9.17, 15) is 13.2 Å². The molecule has 18 heavy (non-hydrogen) atoms. The van der Waals surface area contributed by atoms with Crippen LogP contribution in [0.25, 0.3) is 0 Å². The van der Waals surface area contributed by atoms with Gasteiger partial charge in [-0.2, -0.15) is 13.2 Å². The standard InChI is InChI=1S/C11H16F3N3S/c1-2-17-5-3-8(4-6-17)16-10-15-7-9(18-10)11(12,13)14/h7-8H,2-6H2,1H3,(H,15,16). The van der Waals surface area contributed by atoms with E-state index in [1.54, 1.807) is 0 Å². The summed E-state index contributed by atoms with van der Waals surface area (Å²) in [4.78, 5) is 5.48. The molecule has 0 aromatic carbocycles. The summed E-state index contributed by atoms with van der Waals surface area (Å²) in [5.74, 6) is 0. The van der Waals surface area contributed by atoms with Gasteiger partial charge in [-0.05, 0) is 19.4 Å². The molecule has 1 aliphatic heterocycles. The monoisotopic (exact) mass is 279 g/mol. The van der Waals surface area contributed by atoms with Gasteiger partial charge in [0.05, 0.1) is 6.20 Å². The molecule has 1 saturated heterocycles. The normalized spacial score (nSPS) is 19.1. The van der Waals surface area contributed by atoms with Crippen LogP contribution >= 0.6 is 11.3 Å². The van der Waals surface area contributed by atoms with Gasteiger partial charge in [0.15, 0.2) is 5.13 Å². The molecule has 2 rings (SSSR count). The minimum atomic E-state index is -4.29. The molecule has 3 nitrogen and oxygen atoms in total. The minimum Gasteiger partial charge on any atom is -0.359 e. The summed E-state index contributed by atoms with van der Waals surface area (Å²) in [5.41, 5.74) is 0. The third kappa shape index (κ3) is 3.35. The summed E-state index contributed by atoms with van der Waals surface area (Å²) in [6.45, 7) is 5.13. The first-order valence-corrected chi connectivity index (χ1v) is 6.82. The van der Waals surface area contributed by atoms with Gasteiger partial charge < -0.3 is 10.2 Å². The van der Waals surface area contributed by atoms with Crippen molar-refractivity contribution in [2.24, 2.45) is 0 Å². The molecule has 7 heteroatoms. The molecule has 1 N–H and O–H groups in total. The molecule has 0 saturated carbocycles. The van der Waals surface area contributed by atoms with Crippen molar-refractivity contribution in [3.8, 4) is 0 Å². The van der Waals surface area contributed by atoms with Gasteiger partial charge >= 0.3 is 6.18 Å². The molecule has 102 valence electrons. The van der Waals surface area contributed by atoms with E-state index in [4.69, 9.17) is 0 Å². The lowest BCUT2D eigenvalue weighted by Gasteiger charge is -2.31. The summed E-state index contributed by atoms with van der Waals surface area (Å²) < 4.78 is 37.2. The van der Waals surface area contributed by atoms with Crippen molar-refractivity contribution in [3.63, 3.8) is 0 Å². The Morgan fingerprint density at radius 3 is 2.61 bits per heavy atom. The first-order valence-electron chi connectivity index (χ1n) is 6.01. The summed E-state index contributed by atoms with van der Waals surface area (Å²) in [7, 11) is 0. The zero-order chi connectivity index (χ0) is 13.2. The van der Waals surface area contributed by atoms with Crippen LogP contribution in [0.2, 0.25) is 0 Å². The van der Waals surface area contributed by atoms with Gasteiger partial charge in [-0.15, -0.1) is 0 Å². The molecular formula is C11H16F3N3S. The van der Waals surface area contributed by atoms with Crippen molar-refractivity contribution in [3.05, 3.63) is 11.1 Å². The van der Waals surface area contributed by atoms with Gasteiger partial charge in [-0.3, -0.25) is 0 Å². The highest BCUT2D eigenvalue weighted by molar-refractivity contribution is 7.15. The van der Waals surface area contributed by atoms with Crippen molar-refractivity contribution < 1.29 is 13.2 Å². The Morgan fingerprint density at radius 2 is 2.11 bits per heavy atom. The quantitative estimate of drug-likeness (QED) is 0.921. The van der Waals surface area contributed by atoms with E-state index in [-0.39, 0.29) is 6.04 Å². The van der Waals surface area contributed by atoms with E-state index >= 15 is 0 Å². The molecule has 1 aromatic heterocycles. The van der Waals surface area contributed by atoms with E-state index in [0.29, 0.717) is 16.5 Å². The predicted octanol–water partition coefficient (Wildman–Crippen LogP) is 3.06. The zero-order valence-corrected chi connectivity index (χ0v) is 10.9. The maximum absolute atomic E-state index is 12.4. The van der Waals surface area contributed by atoms with Gasteiger partial charge in [0.1, 0.15) is 4.88 Å². The highest BCUT2D eigenvalue weighted by atomic mass is 32.1. The summed E-state index contributed by atoms with van der Waals surface area (Å²) in [6.07, 6.45) is -1.49. The number of nitrogens with one attached hydrogen (secondary N) is 1. The van der Waals surface area contributed by atoms with Crippen LogP contribution in [0.1, 0.15) is 24.6 Å². The van der Waals surface area contributed by atoms with Gasteiger partial charge in [0.2, 0.25) is 0 Å². The molecule has 0 unspecified atom stereocenters. The smallest absolute Gasteiger partial charge is 0.359 e.